The van der Waals surface area contributed by atoms with Crippen molar-refractivity contribution in [1.82, 2.24) is 19.5 Å². The fraction of sp³-hybridized carbons (Fsp3) is 0.267. The predicted molar refractivity (Wildman–Crippen MR) is 88.8 cm³/mol. The van der Waals surface area contributed by atoms with Crippen molar-refractivity contribution in [2.45, 2.75) is 26.3 Å². The van der Waals surface area contributed by atoms with Gasteiger partial charge in [0.2, 0.25) is 5.95 Å². The lowest BCUT2D eigenvalue weighted by molar-refractivity contribution is 0.587. The van der Waals surface area contributed by atoms with E-state index in [1.807, 2.05) is 28.8 Å². The van der Waals surface area contributed by atoms with Gasteiger partial charge in [-0.3, -0.25) is 0 Å². The van der Waals surface area contributed by atoms with Crippen LogP contribution < -0.4 is 11.5 Å². The van der Waals surface area contributed by atoms with E-state index in [-0.39, 0.29) is 12.0 Å². The number of halogens is 1. The van der Waals surface area contributed by atoms with Crippen molar-refractivity contribution in [2.24, 2.45) is 0 Å². The van der Waals surface area contributed by atoms with Gasteiger partial charge in [-0.1, -0.05) is 23.7 Å². The first-order valence-electron chi connectivity index (χ1n) is 7.00. The molecule has 114 valence electrons. The molecule has 0 spiro atoms. The third-order valence-corrected chi connectivity index (χ3v) is 3.70. The average molecular weight is 317 g/mol. The summed E-state index contributed by atoms with van der Waals surface area (Å²) in [6, 6.07) is 7.88. The van der Waals surface area contributed by atoms with E-state index in [4.69, 9.17) is 23.1 Å². The van der Waals surface area contributed by atoms with E-state index >= 15 is 0 Å². The fourth-order valence-corrected chi connectivity index (χ4v) is 2.64. The molecule has 0 radical (unpaired) electrons. The topological polar surface area (TPSA) is 95.6 Å². The second-order valence-corrected chi connectivity index (χ2v) is 5.87. The van der Waals surface area contributed by atoms with Gasteiger partial charge in [0.25, 0.3) is 0 Å². The van der Waals surface area contributed by atoms with Crippen LogP contribution in [0.15, 0.2) is 24.3 Å². The molecule has 2 heterocycles. The molecule has 4 N–H and O–H groups in total. The van der Waals surface area contributed by atoms with Crippen molar-refractivity contribution in [3.05, 3.63) is 40.7 Å². The first-order valence-corrected chi connectivity index (χ1v) is 7.37. The molecule has 0 aliphatic carbocycles. The van der Waals surface area contributed by atoms with Gasteiger partial charge in [0.1, 0.15) is 5.82 Å². The molecule has 3 rings (SSSR count). The Hall–Kier alpha value is -2.34. The second kappa shape index (κ2) is 5.46. The largest absolute Gasteiger partial charge is 0.382 e. The third-order valence-electron chi connectivity index (χ3n) is 3.45. The Balaban J connectivity index is 2.14. The normalized spacial score (nSPS) is 11.5. The Kier molecular flexibility index (Phi) is 3.62. The molecular formula is C15H17ClN6. The number of imidazole rings is 1. The highest BCUT2D eigenvalue weighted by atomic mass is 35.5. The molecule has 1 aromatic carbocycles. The van der Waals surface area contributed by atoms with Crippen LogP contribution in [0.5, 0.6) is 0 Å². The standard InChI is InChI=1S/C15H17ClN6/c1-8(2)22-11(7-9-3-5-10(16)6-4-9)19-12-13(17)20-15(18)21-14(12)22/h3-6,8H,7H2,1-2H3,(H4,17,18,20,21). The third kappa shape index (κ3) is 2.57. The molecule has 0 amide bonds. The summed E-state index contributed by atoms with van der Waals surface area (Å²) in [6.45, 7) is 4.14. The number of anilines is 2. The van der Waals surface area contributed by atoms with E-state index in [9.17, 15) is 0 Å². The van der Waals surface area contributed by atoms with Crippen LogP contribution in [0.25, 0.3) is 11.2 Å². The van der Waals surface area contributed by atoms with Crippen LogP contribution in [-0.4, -0.2) is 19.5 Å². The number of hydrogen-bond acceptors (Lipinski definition) is 5. The van der Waals surface area contributed by atoms with Crippen LogP contribution in [-0.2, 0) is 6.42 Å². The van der Waals surface area contributed by atoms with Gasteiger partial charge in [-0.2, -0.15) is 9.97 Å². The smallest absolute Gasteiger partial charge is 0.224 e. The highest BCUT2D eigenvalue weighted by molar-refractivity contribution is 6.30. The number of nitrogens with two attached hydrogens (primary N) is 2. The number of fused-ring (bicyclic) bond motifs is 1. The zero-order valence-corrected chi connectivity index (χ0v) is 13.2. The van der Waals surface area contributed by atoms with E-state index in [2.05, 4.69) is 28.8 Å². The van der Waals surface area contributed by atoms with E-state index in [0.29, 0.717) is 28.4 Å². The molecule has 3 aromatic rings. The van der Waals surface area contributed by atoms with E-state index in [1.54, 1.807) is 0 Å². The molecule has 0 saturated carbocycles. The summed E-state index contributed by atoms with van der Waals surface area (Å²) in [7, 11) is 0. The molecule has 7 heteroatoms. The maximum atomic E-state index is 5.93. The van der Waals surface area contributed by atoms with E-state index < -0.39 is 0 Å². The zero-order chi connectivity index (χ0) is 15.9. The highest BCUT2D eigenvalue weighted by Crippen LogP contribution is 2.25. The lowest BCUT2D eigenvalue weighted by Crippen LogP contribution is -2.08. The Morgan fingerprint density at radius 3 is 2.41 bits per heavy atom. The first kappa shape index (κ1) is 14.6. The summed E-state index contributed by atoms with van der Waals surface area (Å²) in [5, 5.41) is 0.712. The van der Waals surface area contributed by atoms with Crippen LogP contribution in [0.3, 0.4) is 0 Å². The maximum absolute atomic E-state index is 5.93. The molecular weight excluding hydrogens is 300 g/mol. The molecule has 0 aliphatic heterocycles. The molecule has 0 bridgehead atoms. The Morgan fingerprint density at radius 2 is 1.77 bits per heavy atom. The predicted octanol–water partition coefficient (Wildman–Crippen LogP) is 2.82. The van der Waals surface area contributed by atoms with Gasteiger partial charge in [-0.25, -0.2) is 4.98 Å². The summed E-state index contributed by atoms with van der Waals surface area (Å²) >= 11 is 5.93. The minimum Gasteiger partial charge on any atom is -0.382 e. The van der Waals surface area contributed by atoms with Gasteiger partial charge in [0.15, 0.2) is 17.0 Å². The van der Waals surface area contributed by atoms with Crippen LogP contribution in [0.4, 0.5) is 11.8 Å². The quantitative estimate of drug-likeness (QED) is 0.774. The van der Waals surface area contributed by atoms with Gasteiger partial charge < -0.3 is 16.0 Å². The summed E-state index contributed by atoms with van der Waals surface area (Å²) in [4.78, 5) is 12.9. The van der Waals surface area contributed by atoms with Crippen LogP contribution in [0.2, 0.25) is 5.02 Å². The Bertz CT molecular complexity index is 822. The van der Waals surface area contributed by atoms with Crippen molar-refractivity contribution in [3.63, 3.8) is 0 Å². The summed E-state index contributed by atoms with van der Waals surface area (Å²) in [5.74, 6) is 1.34. The van der Waals surface area contributed by atoms with E-state index in [0.717, 1.165) is 11.4 Å². The first-order chi connectivity index (χ1) is 10.5. The lowest BCUT2D eigenvalue weighted by Gasteiger charge is -2.12. The fourth-order valence-electron chi connectivity index (χ4n) is 2.51. The number of aromatic nitrogens is 4. The van der Waals surface area contributed by atoms with Gasteiger partial charge in [-0.15, -0.1) is 0 Å². The SMILES string of the molecule is CC(C)n1c(Cc2ccc(Cl)cc2)nc2c(N)nc(N)nc21. The highest BCUT2D eigenvalue weighted by Gasteiger charge is 2.18. The molecule has 2 aromatic heterocycles. The Labute approximate surface area is 133 Å². The minimum absolute atomic E-state index is 0.157. The van der Waals surface area contributed by atoms with Crippen molar-refractivity contribution >= 4 is 34.5 Å². The molecule has 0 saturated heterocycles. The number of rotatable bonds is 3. The second-order valence-electron chi connectivity index (χ2n) is 5.43. The number of nitrogens with zero attached hydrogens (tertiary/aromatic N) is 4. The maximum Gasteiger partial charge on any atom is 0.224 e. The monoisotopic (exact) mass is 316 g/mol. The number of nitrogen functional groups attached to an aromatic ring is 2. The molecule has 0 unspecified atom stereocenters. The average Bonchev–Trinajstić information content (AvgIpc) is 2.80. The van der Waals surface area contributed by atoms with Gasteiger partial charge in [-0.05, 0) is 31.5 Å². The van der Waals surface area contributed by atoms with Crippen LogP contribution in [0.1, 0.15) is 31.3 Å². The summed E-state index contributed by atoms with van der Waals surface area (Å²) < 4.78 is 2.04. The molecule has 0 atom stereocenters. The van der Waals surface area contributed by atoms with Crippen LogP contribution >= 0.6 is 11.6 Å². The van der Waals surface area contributed by atoms with Gasteiger partial charge in [0, 0.05) is 17.5 Å². The van der Waals surface area contributed by atoms with Gasteiger partial charge in [0.05, 0.1) is 0 Å². The number of benzene rings is 1. The van der Waals surface area contributed by atoms with Crippen molar-refractivity contribution in [3.8, 4) is 0 Å². The van der Waals surface area contributed by atoms with Crippen molar-refractivity contribution in [2.75, 3.05) is 11.5 Å². The van der Waals surface area contributed by atoms with Crippen molar-refractivity contribution in [1.29, 1.82) is 0 Å². The Morgan fingerprint density at radius 1 is 1.09 bits per heavy atom. The van der Waals surface area contributed by atoms with Crippen molar-refractivity contribution < 1.29 is 0 Å². The summed E-state index contributed by atoms with van der Waals surface area (Å²) in [6.07, 6.45) is 0.658. The molecule has 0 aliphatic rings. The molecule has 22 heavy (non-hydrogen) atoms. The molecule has 0 fully saturated rings. The lowest BCUT2D eigenvalue weighted by atomic mass is 10.1. The zero-order valence-electron chi connectivity index (χ0n) is 12.4. The van der Waals surface area contributed by atoms with Crippen LogP contribution in [0, 0.1) is 0 Å². The summed E-state index contributed by atoms with van der Waals surface area (Å²) in [5.41, 5.74) is 14.0. The van der Waals surface area contributed by atoms with Gasteiger partial charge >= 0.3 is 0 Å². The number of hydrogen-bond donors (Lipinski definition) is 2. The minimum atomic E-state index is 0.157. The van der Waals surface area contributed by atoms with E-state index in [1.165, 1.54) is 0 Å². The molecule has 6 nitrogen and oxygen atoms in total.